The predicted molar refractivity (Wildman–Crippen MR) is 97.2 cm³/mol. The second-order valence-corrected chi connectivity index (χ2v) is 7.09. The number of rotatable bonds is 5. The molecule has 5 nitrogen and oxygen atoms in total. The van der Waals surface area contributed by atoms with Crippen molar-refractivity contribution in [3.8, 4) is 0 Å². The third-order valence-electron chi connectivity index (χ3n) is 4.43. The van der Waals surface area contributed by atoms with Gasteiger partial charge in [0.1, 0.15) is 0 Å². The van der Waals surface area contributed by atoms with Gasteiger partial charge in [-0.15, -0.1) is 0 Å². The zero-order chi connectivity index (χ0) is 17.7. The van der Waals surface area contributed by atoms with Crippen LogP contribution in [-0.4, -0.2) is 53.8 Å². The summed E-state index contributed by atoms with van der Waals surface area (Å²) in [7, 11) is 1.79. The number of likely N-dealkylation sites (tertiary alicyclic amines) is 1. The lowest BCUT2D eigenvalue weighted by Crippen LogP contribution is -2.51. The van der Waals surface area contributed by atoms with Crippen LogP contribution in [0.2, 0.25) is 5.02 Å². The molecule has 2 atom stereocenters. The summed E-state index contributed by atoms with van der Waals surface area (Å²) in [5.74, 6) is -0.0520. The van der Waals surface area contributed by atoms with E-state index in [2.05, 4.69) is 19.2 Å². The van der Waals surface area contributed by atoms with E-state index in [1.165, 1.54) is 6.42 Å². The molecule has 24 heavy (non-hydrogen) atoms. The highest BCUT2D eigenvalue weighted by atomic mass is 35.5. The van der Waals surface area contributed by atoms with Gasteiger partial charge in [-0.1, -0.05) is 11.6 Å². The van der Waals surface area contributed by atoms with E-state index in [1.54, 1.807) is 36.2 Å². The van der Waals surface area contributed by atoms with Crippen LogP contribution < -0.4 is 5.32 Å². The molecule has 1 N–H and O–H groups in total. The molecule has 6 heteroatoms. The van der Waals surface area contributed by atoms with Gasteiger partial charge in [0, 0.05) is 22.8 Å². The van der Waals surface area contributed by atoms with E-state index in [9.17, 15) is 9.59 Å². The van der Waals surface area contributed by atoms with Gasteiger partial charge in [0.25, 0.3) is 0 Å². The Hall–Kier alpha value is -1.59. The summed E-state index contributed by atoms with van der Waals surface area (Å²) in [5.41, 5.74) is 0.697. The molecular formula is C18H26ClN3O2. The van der Waals surface area contributed by atoms with Crippen LogP contribution in [0.15, 0.2) is 24.3 Å². The van der Waals surface area contributed by atoms with E-state index >= 15 is 0 Å². The molecule has 2 rings (SSSR count). The maximum absolute atomic E-state index is 12.5. The van der Waals surface area contributed by atoms with Crippen molar-refractivity contribution in [3.05, 3.63) is 29.3 Å². The summed E-state index contributed by atoms with van der Waals surface area (Å²) in [4.78, 5) is 28.3. The van der Waals surface area contributed by atoms with Gasteiger partial charge in [-0.2, -0.15) is 0 Å². The van der Waals surface area contributed by atoms with E-state index < -0.39 is 0 Å². The van der Waals surface area contributed by atoms with Crippen LogP contribution in [0.4, 0.5) is 5.69 Å². The molecule has 1 aromatic rings. The minimum absolute atomic E-state index is 0.0940. The normalized spacial score (nSPS) is 21.0. The first-order chi connectivity index (χ1) is 11.4. The Bertz CT molecular complexity index is 566. The first-order valence-corrected chi connectivity index (χ1v) is 8.79. The van der Waals surface area contributed by atoms with Gasteiger partial charge >= 0.3 is 0 Å². The topological polar surface area (TPSA) is 52.7 Å². The zero-order valence-corrected chi connectivity index (χ0v) is 15.3. The number of nitrogens with zero attached hydrogens (tertiary/aromatic N) is 2. The lowest BCUT2D eigenvalue weighted by atomic mass is 9.97. The molecule has 1 heterocycles. The van der Waals surface area contributed by atoms with Crippen molar-refractivity contribution in [3.63, 3.8) is 0 Å². The number of halogens is 1. The van der Waals surface area contributed by atoms with Gasteiger partial charge < -0.3 is 10.2 Å². The number of hydrogen-bond acceptors (Lipinski definition) is 3. The van der Waals surface area contributed by atoms with Crippen LogP contribution in [0.3, 0.4) is 0 Å². The first kappa shape index (κ1) is 18.7. The number of nitrogens with one attached hydrogen (secondary N) is 1. The van der Waals surface area contributed by atoms with Gasteiger partial charge in [-0.05, 0) is 64.4 Å². The van der Waals surface area contributed by atoms with Crippen molar-refractivity contribution < 1.29 is 9.59 Å². The fourth-order valence-electron chi connectivity index (χ4n) is 3.26. The van der Waals surface area contributed by atoms with Crippen LogP contribution in [0.25, 0.3) is 0 Å². The van der Waals surface area contributed by atoms with Crippen molar-refractivity contribution in [1.82, 2.24) is 9.80 Å². The maximum Gasteiger partial charge on any atom is 0.238 e. The average Bonchev–Trinajstić information content (AvgIpc) is 2.49. The number of amides is 2. The second-order valence-electron chi connectivity index (χ2n) is 6.66. The Balaban J connectivity index is 1.83. The lowest BCUT2D eigenvalue weighted by molar-refractivity contribution is -0.138. The highest BCUT2D eigenvalue weighted by Gasteiger charge is 2.29. The van der Waals surface area contributed by atoms with Gasteiger partial charge in [-0.25, -0.2) is 0 Å². The van der Waals surface area contributed by atoms with Gasteiger partial charge in [0.15, 0.2) is 0 Å². The summed E-state index contributed by atoms with van der Waals surface area (Å²) in [6.07, 6.45) is 3.28. The van der Waals surface area contributed by atoms with Crippen LogP contribution >= 0.6 is 11.6 Å². The maximum atomic E-state index is 12.5. The molecule has 132 valence electrons. The van der Waals surface area contributed by atoms with E-state index in [1.807, 2.05) is 4.90 Å². The molecule has 0 bridgehead atoms. The van der Waals surface area contributed by atoms with Crippen molar-refractivity contribution >= 4 is 29.1 Å². The molecule has 0 aromatic heterocycles. The van der Waals surface area contributed by atoms with Crippen LogP contribution in [0, 0.1) is 0 Å². The number of carbonyl (C=O) groups is 2. The first-order valence-electron chi connectivity index (χ1n) is 8.42. The fourth-order valence-corrected chi connectivity index (χ4v) is 3.39. The molecule has 0 aliphatic carbocycles. The van der Waals surface area contributed by atoms with E-state index in [4.69, 9.17) is 11.6 Å². The van der Waals surface area contributed by atoms with E-state index in [0.29, 0.717) is 10.7 Å². The Morgan fingerprint density at radius 2 is 1.75 bits per heavy atom. The average molecular weight is 352 g/mol. The third-order valence-corrected chi connectivity index (χ3v) is 4.68. The van der Waals surface area contributed by atoms with Crippen LogP contribution in [0.1, 0.15) is 33.1 Å². The van der Waals surface area contributed by atoms with Gasteiger partial charge in [-0.3, -0.25) is 14.5 Å². The molecule has 0 radical (unpaired) electrons. The molecule has 1 aliphatic heterocycles. The summed E-state index contributed by atoms with van der Waals surface area (Å²) in [6.45, 7) is 4.62. The molecule has 1 fully saturated rings. The van der Waals surface area contributed by atoms with Gasteiger partial charge in [0.05, 0.1) is 13.1 Å². The number of carbonyl (C=O) groups excluding carboxylic acids is 2. The molecule has 2 amide bonds. The molecule has 1 saturated heterocycles. The predicted octanol–water partition coefficient (Wildman–Crippen LogP) is 3.00. The molecule has 0 saturated carbocycles. The zero-order valence-electron chi connectivity index (χ0n) is 14.6. The Kier molecular flexibility index (Phi) is 6.63. The Labute approximate surface area is 149 Å². The fraction of sp³-hybridized carbons (Fsp3) is 0.556. The molecule has 1 aliphatic rings. The summed E-state index contributed by atoms with van der Waals surface area (Å²) in [6, 6.07) is 7.51. The number of benzene rings is 1. The van der Waals surface area contributed by atoms with Gasteiger partial charge in [0.2, 0.25) is 11.8 Å². The van der Waals surface area contributed by atoms with Crippen molar-refractivity contribution in [1.29, 1.82) is 0 Å². The van der Waals surface area contributed by atoms with Crippen molar-refractivity contribution in [2.45, 2.75) is 45.2 Å². The molecule has 0 unspecified atom stereocenters. The van der Waals surface area contributed by atoms with Crippen LogP contribution in [-0.2, 0) is 9.59 Å². The van der Waals surface area contributed by atoms with E-state index in [0.717, 1.165) is 12.8 Å². The number of likely N-dealkylation sites (N-methyl/N-ethyl adjacent to an activating group) is 1. The third kappa shape index (κ3) is 5.21. The molecule has 1 aromatic carbocycles. The summed E-state index contributed by atoms with van der Waals surface area (Å²) >= 11 is 5.82. The van der Waals surface area contributed by atoms with E-state index in [-0.39, 0.29) is 37.0 Å². The number of anilines is 1. The SMILES string of the molecule is C[C@@H]1CCC[C@H](C)N1C(=O)CN(C)CC(=O)Nc1ccc(Cl)cc1. The monoisotopic (exact) mass is 351 g/mol. The summed E-state index contributed by atoms with van der Waals surface area (Å²) in [5, 5.41) is 3.43. The second kappa shape index (κ2) is 8.49. The highest BCUT2D eigenvalue weighted by molar-refractivity contribution is 6.30. The number of hydrogen-bond donors (Lipinski definition) is 1. The summed E-state index contributed by atoms with van der Waals surface area (Å²) < 4.78 is 0. The largest absolute Gasteiger partial charge is 0.336 e. The standard InChI is InChI=1S/C18H26ClN3O2/c1-13-5-4-6-14(2)22(13)18(24)12-21(3)11-17(23)20-16-9-7-15(19)8-10-16/h7-10,13-14H,4-6,11-12H2,1-3H3,(H,20,23)/t13-,14+. The molecular weight excluding hydrogens is 326 g/mol. The van der Waals surface area contributed by atoms with Crippen molar-refractivity contribution in [2.75, 3.05) is 25.5 Å². The Morgan fingerprint density at radius 3 is 2.33 bits per heavy atom. The number of piperidine rings is 1. The minimum Gasteiger partial charge on any atom is -0.336 e. The quantitative estimate of drug-likeness (QED) is 0.887. The Morgan fingerprint density at radius 1 is 1.17 bits per heavy atom. The highest BCUT2D eigenvalue weighted by Crippen LogP contribution is 2.22. The molecule has 0 spiro atoms. The lowest BCUT2D eigenvalue weighted by Gasteiger charge is -2.39. The smallest absolute Gasteiger partial charge is 0.238 e. The van der Waals surface area contributed by atoms with Crippen LogP contribution in [0.5, 0.6) is 0 Å². The van der Waals surface area contributed by atoms with Crippen molar-refractivity contribution in [2.24, 2.45) is 0 Å². The minimum atomic E-state index is -0.146.